The van der Waals surface area contributed by atoms with E-state index < -0.39 is 34.7 Å². The molecule has 3 aromatic carbocycles. The number of nitrogens with one attached hydrogen (secondary N) is 2. The number of aryl methyl sites for hydroxylation is 1. The van der Waals surface area contributed by atoms with Crippen molar-refractivity contribution in [3.05, 3.63) is 103 Å². The molecule has 8 nitrogen and oxygen atoms in total. The molecular weight excluding hydrogens is 633 g/mol. The first kappa shape index (κ1) is 27.4. The first-order chi connectivity index (χ1) is 19.7. The Morgan fingerprint density at radius 3 is 2.61 bits per heavy atom. The molecule has 0 saturated carbocycles. The van der Waals surface area contributed by atoms with Gasteiger partial charge in [-0.05, 0) is 67.1 Å². The van der Waals surface area contributed by atoms with Crippen LogP contribution in [-0.4, -0.2) is 34.6 Å². The highest BCUT2D eigenvalue weighted by Gasteiger charge is 2.56. The van der Waals surface area contributed by atoms with E-state index >= 15 is 0 Å². The van der Waals surface area contributed by atoms with Crippen LogP contribution in [0.15, 0.2) is 81.0 Å². The number of amides is 3. The third-order valence-corrected chi connectivity index (χ3v) is 9.77. The van der Waals surface area contributed by atoms with E-state index in [0.717, 1.165) is 33.6 Å². The van der Waals surface area contributed by atoms with Crippen LogP contribution >= 0.6 is 39.0 Å². The Hall–Kier alpha value is -3.74. The van der Waals surface area contributed by atoms with Gasteiger partial charge in [0.25, 0.3) is 5.91 Å². The zero-order chi connectivity index (χ0) is 28.8. The second-order valence-electron chi connectivity index (χ2n) is 9.63. The van der Waals surface area contributed by atoms with Gasteiger partial charge in [0.05, 0.1) is 16.6 Å². The number of fused-ring (bicyclic) bond motifs is 2. The van der Waals surface area contributed by atoms with Crippen LogP contribution in [0.3, 0.4) is 0 Å². The number of rotatable bonds is 6. The van der Waals surface area contributed by atoms with Gasteiger partial charge in [-0.15, -0.1) is 0 Å². The summed E-state index contributed by atoms with van der Waals surface area (Å²) in [5, 5.41) is 2.49. The number of anilines is 2. The monoisotopic (exact) mass is 653 g/mol. The highest BCUT2D eigenvalue weighted by molar-refractivity contribution is 9.10. The molecule has 3 heterocycles. The molecule has 4 aromatic rings. The van der Waals surface area contributed by atoms with Gasteiger partial charge in [-0.2, -0.15) is 0 Å². The Kier molecular flexibility index (Phi) is 7.30. The number of imide groups is 1. The lowest BCUT2D eigenvalue weighted by Gasteiger charge is -2.31. The standard InChI is InChI=1S/C29H21BrFN3O5S2/c1-14-3-2-4-17(11-14)32-21(35)13-39-20-10-5-15(30)12-19(20)22-23-25(40-26-24(22)41-29(38)33-26)28(37)34(27(23)36)18-8-6-16(31)7-9-18/h2-12,22-23,25H,13H2,1H3,(H,32,35)(H,33,38)/t22-,23?,25?/m1/s1. The van der Waals surface area contributed by atoms with Crippen LogP contribution in [0.2, 0.25) is 0 Å². The van der Waals surface area contributed by atoms with Gasteiger partial charge >= 0.3 is 4.87 Å². The van der Waals surface area contributed by atoms with E-state index in [1.165, 1.54) is 24.3 Å². The summed E-state index contributed by atoms with van der Waals surface area (Å²) in [6, 6.07) is 17.8. The molecule has 3 atom stereocenters. The minimum absolute atomic E-state index is 0.269. The van der Waals surface area contributed by atoms with E-state index in [-0.39, 0.29) is 23.1 Å². The summed E-state index contributed by atoms with van der Waals surface area (Å²) in [5.41, 5.74) is 2.46. The SMILES string of the molecule is Cc1cccc(NC(=O)COc2ccc(Br)cc2[C@H]2c3sc(=O)[nH]c3SC3C(=O)N(c4ccc(F)cc4)C(=O)C32)c1. The summed E-state index contributed by atoms with van der Waals surface area (Å²) < 4.78 is 20.3. The number of nitrogens with zero attached hydrogens (tertiary/aromatic N) is 1. The van der Waals surface area contributed by atoms with Crippen LogP contribution in [0.5, 0.6) is 5.75 Å². The van der Waals surface area contributed by atoms with E-state index in [0.29, 0.717) is 31.4 Å². The Balaban J connectivity index is 1.36. The number of hydrogen-bond acceptors (Lipinski definition) is 7. The summed E-state index contributed by atoms with van der Waals surface area (Å²) in [4.78, 5) is 56.9. The van der Waals surface area contributed by atoms with Crippen molar-refractivity contribution in [3.63, 3.8) is 0 Å². The first-order valence-corrected chi connectivity index (χ1v) is 15.0. The Bertz CT molecular complexity index is 1760. The van der Waals surface area contributed by atoms with E-state index in [2.05, 4.69) is 26.2 Å². The van der Waals surface area contributed by atoms with E-state index in [4.69, 9.17) is 4.74 Å². The summed E-state index contributed by atoms with van der Waals surface area (Å²) in [6.07, 6.45) is 0. The van der Waals surface area contributed by atoms with Crippen molar-refractivity contribution in [1.82, 2.24) is 4.98 Å². The van der Waals surface area contributed by atoms with Crippen LogP contribution in [0.25, 0.3) is 0 Å². The van der Waals surface area contributed by atoms with E-state index in [1.54, 1.807) is 24.3 Å². The molecule has 12 heteroatoms. The Morgan fingerprint density at radius 2 is 1.85 bits per heavy atom. The Labute approximate surface area is 250 Å². The van der Waals surface area contributed by atoms with Crippen molar-refractivity contribution in [2.45, 2.75) is 23.1 Å². The van der Waals surface area contributed by atoms with Crippen molar-refractivity contribution in [1.29, 1.82) is 0 Å². The second kappa shape index (κ2) is 10.9. The number of carbonyl (C=O) groups excluding carboxylic acids is 3. The van der Waals surface area contributed by atoms with Crippen LogP contribution in [-0.2, 0) is 14.4 Å². The molecule has 208 valence electrons. The largest absolute Gasteiger partial charge is 0.483 e. The summed E-state index contributed by atoms with van der Waals surface area (Å²) >= 11 is 5.61. The lowest BCUT2D eigenvalue weighted by atomic mass is 9.82. The number of thioether (sulfide) groups is 1. The zero-order valence-corrected chi connectivity index (χ0v) is 24.6. The maximum atomic E-state index is 13.9. The highest BCUT2D eigenvalue weighted by Crippen LogP contribution is 2.54. The molecule has 2 N–H and O–H groups in total. The van der Waals surface area contributed by atoms with Crippen LogP contribution in [0.1, 0.15) is 21.9 Å². The van der Waals surface area contributed by atoms with Gasteiger partial charge in [-0.25, -0.2) is 9.29 Å². The number of hydrogen-bond donors (Lipinski definition) is 2. The molecule has 2 unspecified atom stereocenters. The van der Waals surface area contributed by atoms with Crippen molar-refractivity contribution in [2.24, 2.45) is 5.92 Å². The summed E-state index contributed by atoms with van der Waals surface area (Å²) in [5.74, 6) is -3.00. The molecule has 1 saturated heterocycles. The van der Waals surface area contributed by atoms with Crippen LogP contribution in [0.4, 0.5) is 15.8 Å². The highest BCUT2D eigenvalue weighted by atomic mass is 79.9. The molecule has 2 aliphatic rings. The van der Waals surface area contributed by atoms with Gasteiger partial charge in [-0.3, -0.25) is 19.2 Å². The smallest absolute Gasteiger partial charge is 0.305 e. The molecule has 41 heavy (non-hydrogen) atoms. The van der Waals surface area contributed by atoms with Gasteiger partial charge in [-0.1, -0.05) is 51.2 Å². The van der Waals surface area contributed by atoms with Crippen molar-refractivity contribution in [3.8, 4) is 5.75 Å². The fraction of sp³-hybridized carbons (Fsp3) is 0.172. The minimum atomic E-state index is -0.866. The van der Waals surface area contributed by atoms with Gasteiger partial charge in [0, 0.05) is 26.5 Å². The number of benzene rings is 3. The molecule has 6 rings (SSSR count). The maximum Gasteiger partial charge on any atom is 0.305 e. The number of ether oxygens (including phenoxy) is 1. The normalized spacial score (nSPS) is 19.6. The topological polar surface area (TPSA) is 109 Å². The van der Waals surface area contributed by atoms with Crippen molar-refractivity contribution < 1.29 is 23.5 Å². The quantitative estimate of drug-likeness (QED) is 0.268. The average molecular weight is 655 g/mol. The van der Waals surface area contributed by atoms with E-state index in [9.17, 15) is 23.6 Å². The third kappa shape index (κ3) is 5.22. The third-order valence-electron chi connectivity index (χ3n) is 6.88. The minimum Gasteiger partial charge on any atom is -0.483 e. The van der Waals surface area contributed by atoms with Gasteiger partial charge in [0.1, 0.15) is 16.8 Å². The lowest BCUT2D eigenvalue weighted by molar-refractivity contribution is -0.122. The summed E-state index contributed by atoms with van der Waals surface area (Å²) in [7, 11) is 0. The summed E-state index contributed by atoms with van der Waals surface area (Å²) in [6.45, 7) is 1.62. The van der Waals surface area contributed by atoms with E-state index in [1.807, 2.05) is 25.1 Å². The second-order valence-corrected chi connectivity index (χ2v) is 12.7. The molecular formula is C29H21BrFN3O5S2. The predicted octanol–water partition coefficient (Wildman–Crippen LogP) is 5.46. The van der Waals surface area contributed by atoms with Gasteiger partial charge in [0.2, 0.25) is 11.8 Å². The molecule has 0 bridgehead atoms. The number of H-pyrrole nitrogens is 1. The molecule has 0 spiro atoms. The van der Waals surface area contributed by atoms with Crippen LogP contribution < -0.4 is 19.8 Å². The molecule has 0 aliphatic carbocycles. The Morgan fingerprint density at radius 1 is 1.07 bits per heavy atom. The molecule has 2 aliphatic heterocycles. The molecule has 1 aromatic heterocycles. The number of aromatic nitrogens is 1. The molecule has 1 fully saturated rings. The predicted molar refractivity (Wildman–Crippen MR) is 158 cm³/mol. The lowest BCUT2D eigenvalue weighted by Crippen LogP contribution is -2.32. The fourth-order valence-electron chi connectivity index (χ4n) is 5.15. The van der Waals surface area contributed by atoms with Crippen molar-refractivity contribution in [2.75, 3.05) is 16.8 Å². The first-order valence-electron chi connectivity index (χ1n) is 12.5. The number of halogens is 2. The zero-order valence-electron chi connectivity index (χ0n) is 21.4. The van der Waals surface area contributed by atoms with Crippen molar-refractivity contribution >= 4 is 68.1 Å². The maximum absolute atomic E-state index is 13.9. The fourth-order valence-corrected chi connectivity index (χ4v) is 8.04. The number of carbonyl (C=O) groups is 3. The molecule has 0 radical (unpaired) electrons. The van der Waals surface area contributed by atoms with Gasteiger partial charge < -0.3 is 15.0 Å². The van der Waals surface area contributed by atoms with Crippen LogP contribution in [0, 0.1) is 18.7 Å². The number of aromatic amines is 1. The number of thiazole rings is 1. The molecule has 3 amide bonds. The average Bonchev–Trinajstić information content (AvgIpc) is 3.42. The van der Waals surface area contributed by atoms with Gasteiger partial charge in [0.15, 0.2) is 6.61 Å².